The van der Waals surface area contributed by atoms with E-state index >= 15 is 0 Å². The third-order valence-corrected chi connectivity index (χ3v) is 5.71. The SMILES string of the molecule is CN1CCOC(CNS(=O)(=O)c2ccc(CO)cc2Br)C1. The number of sulfonamides is 1. The zero-order valence-electron chi connectivity index (χ0n) is 11.8. The minimum Gasteiger partial charge on any atom is -0.392 e. The van der Waals surface area contributed by atoms with Gasteiger partial charge >= 0.3 is 0 Å². The van der Waals surface area contributed by atoms with E-state index in [0.29, 0.717) is 23.2 Å². The average molecular weight is 379 g/mol. The van der Waals surface area contributed by atoms with Crippen molar-refractivity contribution in [2.45, 2.75) is 17.6 Å². The molecule has 1 saturated heterocycles. The lowest BCUT2D eigenvalue weighted by Gasteiger charge is -2.30. The van der Waals surface area contributed by atoms with Crippen molar-refractivity contribution in [3.63, 3.8) is 0 Å². The fourth-order valence-corrected chi connectivity index (χ4v) is 4.32. The molecule has 0 aliphatic carbocycles. The Labute approximate surface area is 133 Å². The highest BCUT2D eigenvalue weighted by Crippen LogP contribution is 2.23. The molecule has 2 N–H and O–H groups in total. The zero-order valence-corrected chi connectivity index (χ0v) is 14.2. The average Bonchev–Trinajstić information content (AvgIpc) is 2.45. The molecule has 0 bridgehead atoms. The first-order valence-electron chi connectivity index (χ1n) is 6.61. The van der Waals surface area contributed by atoms with Gasteiger partial charge in [-0.3, -0.25) is 0 Å². The van der Waals surface area contributed by atoms with E-state index < -0.39 is 10.0 Å². The molecule has 1 aliphatic heterocycles. The molecule has 1 aliphatic rings. The Morgan fingerprint density at radius 2 is 2.29 bits per heavy atom. The van der Waals surface area contributed by atoms with Crippen LogP contribution in [-0.4, -0.2) is 57.8 Å². The van der Waals surface area contributed by atoms with Crippen molar-refractivity contribution < 1.29 is 18.3 Å². The number of hydrogen-bond donors (Lipinski definition) is 2. The Hall–Kier alpha value is -0.510. The van der Waals surface area contributed by atoms with E-state index in [-0.39, 0.29) is 24.2 Å². The number of morpholine rings is 1. The van der Waals surface area contributed by atoms with Gasteiger partial charge in [0, 0.05) is 24.1 Å². The van der Waals surface area contributed by atoms with Gasteiger partial charge in [-0.25, -0.2) is 13.1 Å². The molecule has 21 heavy (non-hydrogen) atoms. The van der Waals surface area contributed by atoms with Crippen LogP contribution < -0.4 is 4.72 Å². The smallest absolute Gasteiger partial charge is 0.241 e. The summed E-state index contributed by atoms with van der Waals surface area (Å²) in [5.74, 6) is 0. The standard InChI is InChI=1S/C13H19BrN2O4S/c1-16-4-5-20-11(8-16)7-15-21(18,19)13-3-2-10(9-17)6-12(13)14/h2-3,6,11,15,17H,4-5,7-9H2,1H3. The van der Waals surface area contributed by atoms with Gasteiger partial charge in [0.05, 0.1) is 24.2 Å². The molecular formula is C13H19BrN2O4S. The fraction of sp³-hybridized carbons (Fsp3) is 0.538. The monoisotopic (exact) mass is 378 g/mol. The molecule has 1 aromatic rings. The first-order chi connectivity index (χ1) is 9.92. The van der Waals surface area contributed by atoms with E-state index in [1.807, 2.05) is 7.05 Å². The predicted molar refractivity (Wildman–Crippen MR) is 82.5 cm³/mol. The maximum Gasteiger partial charge on any atom is 0.241 e. The molecule has 2 rings (SSSR count). The van der Waals surface area contributed by atoms with Crippen LogP contribution in [0.25, 0.3) is 0 Å². The lowest BCUT2D eigenvalue weighted by molar-refractivity contribution is -0.0156. The number of nitrogens with one attached hydrogen (secondary N) is 1. The third-order valence-electron chi connectivity index (χ3n) is 3.31. The Kier molecular flexibility index (Phi) is 5.75. The van der Waals surface area contributed by atoms with E-state index in [9.17, 15) is 8.42 Å². The van der Waals surface area contributed by atoms with Crippen LogP contribution in [0.3, 0.4) is 0 Å². The number of rotatable bonds is 5. The van der Waals surface area contributed by atoms with E-state index in [1.165, 1.54) is 6.07 Å². The number of aliphatic hydroxyl groups is 1. The molecule has 1 unspecified atom stereocenters. The number of nitrogens with zero attached hydrogens (tertiary/aromatic N) is 1. The van der Waals surface area contributed by atoms with Crippen LogP contribution in [-0.2, 0) is 21.4 Å². The summed E-state index contributed by atoms with van der Waals surface area (Å²) in [5, 5.41) is 9.05. The number of hydrogen-bond acceptors (Lipinski definition) is 5. The second-order valence-electron chi connectivity index (χ2n) is 5.03. The number of ether oxygens (including phenoxy) is 1. The fourth-order valence-electron chi connectivity index (χ4n) is 2.13. The topological polar surface area (TPSA) is 78.9 Å². The molecule has 8 heteroatoms. The Balaban J connectivity index is 2.04. The number of aliphatic hydroxyl groups excluding tert-OH is 1. The Bertz CT molecular complexity index is 594. The lowest BCUT2D eigenvalue weighted by atomic mass is 10.2. The lowest BCUT2D eigenvalue weighted by Crippen LogP contribution is -2.45. The quantitative estimate of drug-likeness (QED) is 0.781. The number of halogens is 1. The van der Waals surface area contributed by atoms with Crippen LogP contribution in [0, 0.1) is 0 Å². The largest absolute Gasteiger partial charge is 0.392 e. The van der Waals surface area contributed by atoms with E-state index in [4.69, 9.17) is 9.84 Å². The summed E-state index contributed by atoms with van der Waals surface area (Å²) < 4.78 is 33.1. The second-order valence-corrected chi connectivity index (χ2v) is 7.62. The maximum atomic E-state index is 12.3. The highest BCUT2D eigenvalue weighted by Gasteiger charge is 2.22. The van der Waals surface area contributed by atoms with Crippen molar-refractivity contribution in [2.75, 3.05) is 33.3 Å². The summed E-state index contributed by atoms with van der Waals surface area (Å²) in [4.78, 5) is 2.26. The highest BCUT2D eigenvalue weighted by atomic mass is 79.9. The Morgan fingerprint density at radius 1 is 1.52 bits per heavy atom. The molecule has 0 aromatic heterocycles. The van der Waals surface area contributed by atoms with Gasteiger partial charge in [0.2, 0.25) is 10.0 Å². The van der Waals surface area contributed by atoms with Crippen LogP contribution >= 0.6 is 15.9 Å². The van der Waals surface area contributed by atoms with Crippen LogP contribution in [0.4, 0.5) is 0 Å². The second kappa shape index (κ2) is 7.17. The minimum atomic E-state index is -3.61. The van der Waals surface area contributed by atoms with Crippen LogP contribution in [0.15, 0.2) is 27.6 Å². The van der Waals surface area contributed by atoms with Gasteiger partial charge in [0.25, 0.3) is 0 Å². The van der Waals surface area contributed by atoms with Crippen molar-refractivity contribution >= 4 is 26.0 Å². The summed E-state index contributed by atoms with van der Waals surface area (Å²) in [6.45, 7) is 2.28. The minimum absolute atomic E-state index is 0.130. The first kappa shape index (κ1) is 16.9. The van der Waals surface area contributed by atoms with Crippen LogP contribution in [0.1, 0.15) is 5.56 Å². The summed E-state index contributed by atoms with van der Waals surface area (Å²) in [6, 6.07) is 4.66. The van der Waals surface area contributed by atoms with Gasteiger partial charge in [-0.05, 0) is 40.7 Å². The molecule has 1 fully saturated rings. The molecule has 0 spiro atoms. The summed E-state index contributed by atoms with van der Waals surface area (Å²) in [5.41, 5.74) is 0.651. The number of likely N-dealkylation sites (N-methyl/N-ethyl adjacent to an activating group) is 1. The number of benzene rings is 1. The van der Waals surface area contributed by atoms with E-state index in [1.54, 1.807) is 12.1 Å². The molecule has 1 atom stereocenters. The van der Waals surface area contributed by atoms with E-state index in [0.717, 1.165) is 6.54 Å². The van der Waals surface area contributed by atoms with Crippen molar-refractivity contribution in [3.8, 4) is 0 Å². The molecular weight excluding hydrogens is 360 g/mol. The predicted octanol–water partition coefficient (Wildman–Crippen LogP) is 0.550. The molecule has 0 radical (unpaired) electrons. The van der Waals surface area contributed by atoms with Crippen molar-refractivity contribution in [1.29, 1.82) is 0 Å². The van der Waals surface area contributed by atoms with Crippen molar-refractivity contribution in [3.05, 3.63) is 28.2 Å². The van der Waals surface area contributed by atoms with E-state index in [2.05, 4.69) is 25.6 Å². The third kappa shape index (κ3) is 4.48. The van der Waals surface area contributed by atoms with Gasteiger partial charge < -0.3 is 14.7 Å². The van der Waals surface area contributed by atoms with Crippen LogP contribution in [0.2, 0.25) is 0 Å². The zero-order chi connectivity index (χ0) is 15.5. The Morgan fingerprint density at radius 3 is 2.90 bits per heavy atom. The molecule has 6 nitrogen and oxygen atoms in total. The van der Waals surface area contributed by atoms with Gasteiger partial charge in [0.15, 0.2) is 0 Å². The first-order valence-corrected chi connectivity index (χ1v) is 8.89. The normalized spacial score (nSPS) is 20.6. The highest BCUT2D eigenvalue weighted by molar-refractivity contribution is 9.10. The van der Waals surface area contributed by atoms with Crippen LogP contribution in [0.5, 0.6) is 0 Å². The summed E-state index contributed by atoms with van der Waals surface area (Å²) >= 11 is 3.23. The molecule has 0 saturated carbocycles. The molecule has 118 valence electrons. The maximum absolute atomic E-state index is 12.3. The molecule has 1 aromatic carbocycles. The van der Waals surface area contributed by atoms with Gasteiger partial charge in [-0.1, -0.05) is 6.07 Å². The van der Waals surface area contributed by atoms with Crippen molar-refractivity contribution in [1.82, 2.24) is 9.62 Å². The summed E-state index contributed by atoms with van der Waals surface area (Å²) in [7, 11) is -1.63. The van der Waals surface area contributed by atoms with Gasteiger partial charge in [0.1, 0.15) is 0 Å². The molecule has 0 amide bonds. The van der Waals surface area contributed by atoms with Crippen molar-refractivity contribution in [2.24, 2.45) is 0 Å². The van der Waals surface area contributed by atoms with Gasteiger partial charge in [-0.2, -0.15) is 0 Å². The summed E-state index contributed by atoms with van der Waals surface area (Å²) in [6.07, 6.45) is -0.144. The molecule has 1 heterocycles. The van der Waals surface area contributed by atoms with Gasteiger partial charge in [-0.15, -0.1) is 0 Å².